The summed E-state index contributed by atoms with van der Waals surface area (Å²) in [5.74, 6) is 0.572. The number of carbonyl (C=O) groups excluding carboxylic acids is 1. The number of amides is 1. The summed E-state index contributed by atoms with van der Waals surface area (Å²) in [6.45, 7) is 2.51. The minimum Gasteiger partial charge on any atom is -0.481 e. The van der Waals surface area contributed by atoms with E-state index in [0.717, 1.165) is 12.0 Å². The Balaban J connectivity index is 1.81. The highest BCUT2D eigenvalue weighted by molar-refractivity contribution is 5.81. The molecule has 1 aliphatic heterocycles. The molecule has 0 aliphatic carbocycles. The predicted molar refractivity (Wildman–Crippen MR) is 66.8 cm³/mol. The van der Waals surface area contributed by atoms with Gasteiger partial charge in [0.05, 0.1) is 7.11 Å². The van der Waals surface area contributed by atoms with E-state index in [9.17, 15) is 4.79 Å². The molecule has 3 N–H and O–H groups in total. The summed E-state index contributed by atoms with van der Waals surface area (Å²) >= 11 is 0. The molecule has 0 spiro atoms. The van der Waals surface area contributed by atoms with Gasteiger partial charge in [0.25, 0.3) is 0 Å². The second kappa shape index (κ2) is 5.79. The fourth-order valence-corrected chi connectivity index (χ4v) is 1.84. The fourth-order valence-electron chi connectivity index (χ4n) is 1.84. The van der Waals surface area contributed by atoms with Crippen LogP contribution in [0.4, 0.5) is 0 Å². The van der Waals surface area contributed by atoms with Crippen LogP contribution in [0, 0.1) is 0 Å². The molecule has 2 rings (SSSR count). The Morgan fingerprint density at radius 1 is 1.56 bits per heavy atom. The molecular formula is C12H18N4O2. The van der Waals surface area contributed by atoms with Crippen molar-refractivity contribution in [2.75, 3.05) is 7.11 Å². The van der Waals surface area contributed by atoms with Crippen molar-refractivity contribution in [3.8, 4) is 5.88 Å². The average Bonchev–Trinajstić information content (AvgIpc) is 2.83. The highest BCUT2D eigenvalue weighted by Gasteiger charge is 2.26. The van der Waals surface area contributed by atoms with Crippen molar-refractivity contribution >= 4 is 5.91 Å². The van der Waals surface area contributed by atoms with Crippen LogP contribution in [0.5, 0.6) is 5.88 Å². The number of nitrogens with one attached hydrogen (secondary N) is 3. The predicted octanol–water partition coefficient (Wildman–Crippen LogP) is -0.0386. The monoisotopic (exact) mass is 250 g/mol. The maximum Gasteiger partial charge on any atom is 0.238 e. The number of carbonyl (C=O) groups is 1. The van der Waals surface area contributed by atoms with Gasteiger partial charge in [-0.25, -0.2) is 10.4 Å². The summed E-state index contributed by atoms with van der Waals surface area (Å²) in [6, 6.07) is 3.82. The molecule has 98 valence electrons. The average molecular weight is 250 g/mol. The second-order valence-electron chi connectivity index (χ2n) is 4.40. The number of nitrogens with zero attached hydrogens (tertiary/aromatic N) is 1. The lowest BCUT2D eigenvalue weighted by molar-refractivity contribution is -0.123. The van der Waals surface area contributed by atoms with Gasteiger partial charge in [-0.2, -0.15) is 0 Å². The van der Waals surface area contributed by atoms with Gasteiger partial charge in [-0.3, -0.25) is 10.2 Å². The van der Waals surface area contributed by atoms with Gasteiger partial charge < -0.3 is 10.1 Å². The highest BCUT2D eigenvalue weighted by atomic mass is 16.5. The quantitative estimate of drug-likeness (QED) is 0.699. The van der Waals surface area contributed by atoms with Crippen molar-refractivity contribution in [1.29, 1.82) is 0 Å². The number of rotatable bonds is 4. The van der Waals surface area contributed by atoms with Gasteiger partial charge in [0.1, 0.15) is 6.04 Å². The first-order valence-corrected chi connectivity index (χ1v) is 5.96. The molecule has 1 fully saturated rings. The Kier molecular flexibility index (Phi) is 4.11. The molecule has 0 aromatic carbocycles. The molecule has 0 bridgehead atoms. The third kappa shape index (κ3) is 3.18. The molecule has 1 aromatic rings. The van der Waals surface area contributed by atoms with Crippen LogP contribution in [0.1, 0.15) is 18.9 Å². The number of hydrogen-bond donors (Lipinski definition) is 3. The van der Waals surface area contributed by atoms with E-state index in [1.807, 2.05) is 13.0 Å². The SMILES string of the molecule is COc1ccc(CNC(=O)C2CC(C)NN2)cn1. The summed E-state index contributed by atoms with van der Waals surface area (Å²) in [4.78, 5) is 15.9. The van der Waals surface area contributed by atoms with E-state index in [4.69, 9.17) is 4.74 Å². The van der Waals surface area contributed by atoms with E-state index in [0.29, 0.717) is 18.5 Å². The van der Waals surface area contributed by atoms with Crippen LogP contribution in [0.15, 0.2) is 18.3 Å². The van der Waals surface area contributed by atoms with Crippen LogP contribution >= 0.6 is 0 Å². The van der Waals surface area contributed by atoms with Crippen molar-refractivity contribution in [3.05, 3.63) is 23.9 Å². The van der Waals surface area contributed by atoms with Gasteiger partial charge >= 0.3 is 0 Å². The van der Waals surface area contributed by atoms with E-state index in [2.05, 4.69) is 21.2 Å². The van der Waals surface area contributed by atoms with Crippen molar-refractivity contribution in [2.45, 2.75) is 32.0 Å². The zero-order chi connectivity index (χ0) is 13.0. The van der Waals surface area contributed by atoms with Gasteiger partial charge in [-0.15, -0.1) is 0 Å². The normalized spacial score (nSPS) is 22.8. The van der Waals surface area contributed by atoms with Gasteiger partial charge in [-0.05, 0) is 18.9 Å². The van der Waals surface area contributed by atoms with E-state index < -0.39 is 0 Å². The van der Waals surface area contributed by atoms with Crippen LogP contribution in [-0.2, 0) is 11.3 Å². The molecular weight excluding hydrogens is 232 g/mol. The molecule has 6 heteroatoms. The van der Waals surface area contributed by atoms with Gasteiger partial charge in [0.2, 0.25) is 11.8 Å². The molecule has 1 aliphatic rings. The van der Waals surface area contributed by atoms with Crippen molar-refractivity contribution in [2.24, 2.45) is 0 Å². The van der Waals surface area contributed by atoms with Crippen molar-refractivity contribution in [3.63, 3.8) is 0 Å². The minimum absolute atomic E-state index is 0.00247. The van der Waals surface area contributed by atoms with Gasteiger partial charge in [0.15, 0.2) is 0 Å². The number of aromatic nitrogens is 1. The standard InChI is InChI=1S/C12H18N4O2/c1-8-5-10(16-15-8)12(17)14-7-9-3-4-11(18-2)13-6-9/h3-4,6,8,10,15-16H,5,7H2,1-2H3,(H,14,17). The molecule has 0 saturated carbocycles. The van der Waals surface area contributed by atoms with E-state index in [1.54, 1.807) is 19.4 Å². The highest BCUT2D eigenvalue weighted by Crippen LogP contribution is 2.07. The number of hydrogen-bond acceptors (Lipinski definition) is 5. The smallest absolute Gasteiger partial charge is 0.238 e. The maximum atomic E-state index is 11.8. The summed E-state index contributed by atoms with van der Waals surface area (Å²) < 4.78 is 4.97. The zero-order valence-electron chi connectivity index (χ0n) is 10.6. The van der Waals surface area contributed by atoms with E-state index in [1.165, 1.54) is 0 Å². The Hall–Kier alpha value is -1.66. The molecule has 1 amide bonds. The third-order valence-electron chi connectivity index (χ3n) is 2.88. The van der Waals surface area contributed by atoms with Gasteiger partial charge in [-0.1, -0.05) is 6.07 Å². The Morgan fingerprint density at radius 3 is 2.94 bits per heavy atom. The summed E-state index contributed by atoms with van der Waals surface area (Å²) in [7, 11) is 1.57. The topological polar surface area (TPSA) is 75.3 Å². The molecule has 0 radical (unpaired) electrons. The largest absolute Gasteiger partial charge is 0.481 e. The molecule has 2 heterocycles. The van der Waals surface area contributed by atoms with Crippen LogP contribution < -0.4 is 20.9 Å². The van der Waals surface area contributed by atoms with Crippen molar-refractivity contribution < 1.29 is 9.53 Å². The first kappa shape index (κ1) is 12.8. The molecule has 2 atom stereocenters. The number of hydrazine groups is 1. The number of ether oxygens (including phenoxy) is 1. The first-order valence-electron chi connectivity index (χ1n) is 5.96. The Labute approximate surface area is 106 Å². The molecule has 1 saturated heterocycles. The lowest BCUT2D eigenvalue weighted by Gasteiger charge is -2.10. The summed E-state index contributed by atoms with van der Waals surface area (Å²) in [5, 5.41) is 2.88. The number of pyridine rings is 1. The second-order valence-corrected chi connectivity index (χ2v) is 4.40. The lowest BCUT2D eigenvalue weighted by Crippen LogP contribution is -2.43. The van der Waals surface area contributed by atoms with Gasteiger partial charge in [0, 0.05) is 24.8 Å². The molecule has 2 unspecified atom stereocenters. The van der Waals surface area contributed by atoms with Crippen molar-refractivity contribution in [1.82, 2.24) is 21.2 Å². The molecule has 18 heavy (non-hydrogen) atoms. The van der Waals surface area contributed by atoms with Crippen LogP contribution in [0.2, 0.25) is 0 Å². The molecule has 6 nitrogen and oxygen atoms in total. The van der Waals surface area contributed by atoms with E-state index >= 15 is 0 Å². The third-order valence-corrected chi connectivity index (χ3v) is 2.88. The van der Waals surface area contributed by atoms with Crippen LogP contribution in [-0.4, -0.2) is 30.1 Å². The number of methoxy groups -OCH3 is 1. The Morgan fingerprint density at radius 2 is 2.39 bits per heavy atom. The van der Waals surface area contributed by atoms with E-state index in [-0.39, 0.29) is 11.9 Å². The van der Waals surface area contributed by atoms with Crippen LogP contribution in [0.25, 0.3) is 0 Å². The summed E-state index contributed by atoms with van der Waals surface area (Å²) in [5.41, 5.74) is 6.93. The fraction of sp³-hybridized carbons (Fsp3) is 0.500. The Bertz CT molecular complexity index is 407. The minimum atomic E-state index is -0.161. The van der Waals surface area contributed by atoms with Crippen LogP contribution in [0.3, 0.4) is 0 Å². The summed E-state index contributed by atoms with van der Waals surface area (Å²) in [6.07, 6.45) is 2.49. The molecule has 1 aromatic heterocycles. The lowest BCUT2D eigenvalue weighted by atomic mass is 10.1. The zero-order valence-corrected chi connectivity index (χ0v) is 10.6. The first-order chi connectivity index (χ1) is 8.69. The maximum absolute atomic E-state index is 11.8.